The fourth-order valence-electron chi connectivity index (χ4n) is 2.36. The molecule has 1 heterocycles. The predicted octanol–water partition coefficient (Wildman–Crippen LogP) is 5.16. The molecule has 1 amide bonds. The maximum atomic E-state index is 12.8. The minimum absolute atomic E-state index is 0.0104. The monoisotopic (exact) mass is 467 g/mol. The van der Waals surface area contributed by atoms with Crippen molar-refractivity contribution >= 4 is 35.2 Å². The summed E-state index contributed by atoms with van der Waals surface area (Å²) in [7, 11) is 1.48. The van der Waals surface area contributed by atoms with E-state index >= 15 is 0 Å². The van der Waals surface area contributed by atoms with Crippen LogP contribution in [0, 0.1) is 6.92 Å². The van der Waals surface area contributed by atoms with Gasteiger partial charge < -0.3 is 14.4 Å². The van der Waals surface area contributed by atoms with Crippen LogP contribution in [-0.4, -0.2) is 46.9 Å². The van der Waals surface area contributed by atoms with Crippen LogP contribution in [0.4, 0.5) is 18.0 Å². The number of rotatable bonds is 6. The van der Waals surface area contributed by atoms with Crippen LogP contribution in [0.3, 0.4) is 0 Å². The second-order valence-electron chi connectivity index (χ2n) is 6.16. The Morgan fingerprint density at radius 3 is 2.33 bits per heavy atom. The molecule has 164 valence electrons. The first-order valence-electron chi connectivity index (χ1n) is 8.65. The molecule has 0 aliphatic heterocycles. The zero-order valence-electron chi connectivity index (χ0n) is 16.2. The fourth-order valence-corrected chi connectivity index (χ4v) is 2.93. The van der Waals surface area contributed by atoms with Crippen molar-refractivity contribution < 1.29 is 32.2 Å². The number of benzene rings is 1. The Morgan fingerprint density at radius 2 is 1.80 bits per heavy atom. The lowest BCUT2D eigenvalue weighted by Gasteiger charge is -2.16. The van der Waals surface area contributed by atoms with E-state index in [1.165, 1.54) is 18.0 Å². The summed E-state index contributed by atoms with van der Waals surface area (Å²) in [5.41, 5.74) is -0.637. The normalized spacial score (nSPS) is 11.3. The number of esters is 1. The van der Waals surface area contributed by atoms with Gasteiger partial charge in [-0.3, -0.25) is 4.79 Å². The molecule has 30 heavy (non-hydrogen) atoms. The molecule has 0 saturated heterocycles. The SMILES string of the molecule is CCOC(=O)CCN(C)C(=O)n1nc(Oc2c(Cl)cc(C(F)(F)F)cc2Cl)cc1C. The molecule has 1 aromatic carbocycles. The van der Waals surface area contributed by atoms with Gasteiger partial charge in [-0.2, -0.15) is 17.9 Å². The number of aromatic nitrogens is 2. The fraction of sp³-hybridized carbons (Fsp3) is 0.389. The second-order valence-corrected chi connectivity index (χ2v) is 6.98. The standard InChI is InChI=1S/C18H18Cl2F3N3O4/c1-4-29-15(27)5-6-25(3)17(28)26-10(2)7-14(24-26)30-16-12(19)8-11(9-13(16)20)18(21,22)23/h7-9H,4-6H2,1-3H3. The average Bonchev–Trinajstić information content (AvgIpc) is 3.01. The summed E-state index contributed by atoms with van der Waals surface area (Å²) >= 11 is 11.8. The number of nitrogens with zero attached hydrogens (tertiary/aromatic N) is 3. The van der Waals surface area contributed by atoms with E-state index in [0.29, 0.717) is 17.8 Å². The molecular formula is C18H18Cl2F3N3O4. The van der Waals surface area contributed by atoms with E-state index in [1.54, 1.807) is 13.8 Å². The molecular weight excluding hydrogens is 450 g/mol. The minimum atomic E-state index is -4.62. The van der Waals surface area contributed by atoms with Crippen LogP contribution in [0.15, 0.2) is 18.2 Å². The highest BCUT2D eigenvalue weighted by molar-refractivity contribution is 6.37. The zero-order chi connectivity index (χ0) is 22.6. The van der Waals surface area contributed by atoms with Gasteiger partial charge in [0.05, 0.1) is 34.3 Å². The number of carbonyl (C=O) groups is 2. The molecule has 2 rings (SSSR count). The van der Waals surface area contributed by atoms with Crippen molar-refractivity contribution in [1.82, 2.24) is 14.7 Å². The van der Waals surface area contributed by atoms with Gasteiger partial charge in [-0.15, -0.1) is 5.10 Å². The molecule has 0 fully saturated rings. The molecule has 0 spiro atoms. The van der Waals surface area contributed by atoms with Crippen molar-refractivity contribution in [3.63, 3.8) is 0 Å². The van der Waals surface area contributed by atoms with Crippen molar-refractivity contribution in [2.45, 2.75) is 26.4 Å². The van der Waals surface area contributed by atoms with Gasteiger partial charge in [0.1, 0.15) is 0 Å². The Labute approximate surface area is 180 Å². The Hall–Kier alpha value is -2.46. The largest absolute Gasteiger partial charge is 0.466 e. The van der Waals surface area contributed by atoms with Gasteiger partial charge in [0.25, 0.3) is 0 Å². The van der Waals surface area contributed by atoms with E-state index in [0.717, 1.165) is 4.68 Å². The van der Waals surface area contributed by atoms with Gasteiger partial charge in [-0.05, 0) is 26.0 Å². The molecule has 2 aromatic rings. The van der Waals surface area contributed by atoms with E-state index in [4.69, 9.17) is 32.7 Å². The lowest BCUT2D eigenvalue weighted by atomic mass is 10.2. The molecule has 0 aliphatic rings. The van der Waals surface area contributed by atoms with Crippen molar-refractivity contribution in [2.75, 3.05) is 20.2 Å². The minimum Gasteiger partial charge on any atom is -0.466 e. The highest BCUT2D eigenvalue weighted by Crippen LogP contribution is 2.41. The second kappa shape index (κ2) is 9.57. The first-order valence-corrected chi connectivity index (χ1v) is 9.41. The van der Waals surface area contributed by atoms with E-state index in [1.807, 2.05) is 0 Å². The molecule has 1 aromatic heterocycles. The maximum absolute atomic E-state index is 12.8. The molecule has 0 radical (unpaired) electrons. The van der Waals surface area contributed by atoms with Crippen molar-refractivity contribution in [2.24, 2.45) is 0 Å². The highest BCUT2D eigenvalue weighted by atomic mass is 35.5. The summed E-state index contributed by atoms with van der Waals surface area (Å²) < 4.78 is 49.8. The van der Waals surface area contributed by atoms with Gasteiger partial charge in [0.15, 0.2) is 5.75 Å². The lowest BCUT2D eigenvalue weighted by Crippen LogP contribution is -2.34. The first kappa shape index (κ1) is 23.8. The van der Waals surface area contributed by atoms with E-state index in [9.17, 15) is 22.8 Å². The van der Waals surface area contributed by atoms with Gasteiger partial charge in [0, 0.05) is 19.7 Å². The summed E-state index contributed by atoms with van der Waals surface area (Å²) in [4.78, 5) is 25.2. The number of hydrogen-bond acceptors (Lipinski definition) is 5. The number of ether oxygens (including phenoxy) is 2. The summed E-state index contributed by atoms with van der Waals surface area (Å²) in [6.07, 6.45) is -4.61. The van der Waals surface area contributed by atoms with Gasteiger partial charge >= 0.3 is 18.2 Å². The van der Waals surface area contributed by atoms with E-state index in [2.05, 4.69) is 5.10 Å². The Morgan fingerprint density at radius 1 is 1.20 bits per heavy atom. The number of hydrogen-bond donors (Lipinski definition) is 0. The zero-order valence-corrected chi connectivity index (χ0v) is 17.7. The molecule has 0 N–H and O–H groups in total. The van der Waals surface area contributed by atoms with Crippen LogP contribution < -0.4 is 4.74 Å². The predicted molar refractivity (Wildman–Crippen MR) is 103 cm³/mol. The van der Waals surface area contributed by atoms with Crippen molar-refractivity contribution in [1.29, 1.82) is 0 Å². The van der Waals surface area contributed by atoms with Gasteiger partial charge in [0.2, 0.25) is 5.88 Å². The van der Waals surface area contributed by atoms with Crippen LogP contribution in [0.2, 0.25) is 10.0 Å². The molecule has 0 unspecified atom stereocenters. The van der Waals surface area contributed by atoms with Crippen molar-refractivity contribution in [3.05, 3.63) is 39.5 Å². The number of alkyl halides is 3. The van der Waals surface area contributed by atoms with E-state index in [-0.39, 0.29) is 41.2 Å². The van der Waals surface area contributed by atoms with Gasteiger partial charge in [-0.1, -0.05) is 23.2 Å². The summed E-state index contributed by atoms with van der Waals surface area (Å²) in [5.74, 6) is -0.757. The highest BCUT2D eigenvalue weighted by Gasteiger charge is 2.32. The third-order valence-electron chi connectivity index (χ3n) is 3.86. The number of amides is 1. The lowest BCUT2D eigenvalue weighted by molar-refractivity contribution is -0.143. The third kappa shape index (κ3) is 5.79. The Balaban J connectivity index is 2.17. The number of halogens is 5. The molecule has 0 aliphatic carbocycles. The molecule has 0 saturated carbocycles. The molecule has 12 heteroatoms. The van der Waals surface area contributed by atoms with Crippen molar-refractivity contribution in [3.8, 4) is 11.6 Å². The third-order valence-corrected chi connectivity index (χ3v) is 4.42. The van der Waals surface area contributed by atoms with Crippen LogP contribution in [0.5, 0.6) is 11.6 Å². The Kier molecular flexibility index (Phi) is 7.59. The summed E-state index contributed by atoms with van der Waals surface area (Å²) in [6, 6.07) is 2.21. The first-order chi connectivity index (χ1) is 13.9. The van der Waals surface area contributed by atoms with Crippen LogP contribution in [0.1, 0.15) is 24.6 Å². The summed E-state index contributed by atoms with van der Waals surface area (Å²) in [5, 5.41) is 3.27. The number of carbonyl (C=O) groups excluding carboxylic acids is 2. The van der Waals surface area contributed by atoms with Gasteiger partial charge in [-0.25, -0.2) is 4.79 Å². The van der Waals surface area contributed by atoms with Crippen LogP contribution in [0.25, 0.3) is 0 Å². The topological polar surface area (TPSA) is 73.7 Å². The quantitative estimate of drug-likeness (QED) is 0.548. The average molecular weight is 468 g/mol. The smallest absolute Gasteiger partial charge is 0.416 e. The molecule has 7 nitrogen and oxygen atoms in total. The molecule has 0 atom stereocenters. The molecule has 0 bridgehead atoms. The summed E-state index contributed by atoms with van der Waals surface area (Å²) in [6.45, 7) is 3.59. The number of aryl methyl sites for hydroxylation is 1. The van der Waals surface area contributed by atoms with Crippen LogP contribution in [-0.2, 0) is 15.7 Å². The Bertz CT molecular complexity index is 924. The van der Waals surface area contributed by atoms with E-state index < -0.39 is 23.7 Å². The van der Waals surface area contributed by atoms with Crippen LogP contribution >= 0.6 is 23.2 Å². The maximum Gasteiger partial charge on any atom is 0.416 e.